The van der Waals surface area contributed by atoms with Crippen LogP contribution in [0.4, 0.5) is 0 Å². The van der Waals surface area contributed by atoms with Crippen molar-refractivity contribution >= 4 is 16.8 Å². The number of phenols is 2. The van der Waals surface area contributed by atoms with Crippen LogP contribution >= 0.6 is 0 Å². The van der Waals surface area contributed by atoms with E-state index in [0.29, 0.717) is 6.42 Å². The molecule has 0 aliphatic rings. The van der Waals surface area contributed by atoms with Gasteiger partial charge in [0.15, 0.2) is 0 Å². The van der Waals surface area contributed by atoms with Crippen molar-refractivity contribution in [1.82, 2.24) is 9.47 Å². The molecule has 0 fully saturated rings. The van der Waals surface area contributed by atoms with Crippen LogP contribution < -0.4 is 0 Å². The van der Waals surface area contributed by atoms with E-state index < -0.39 is 0 Å². The quantitative estimate of drug-likeness (QED) is 0.213. The Labute approximate surface area is 216 Å². The molecule has 1 aromatic heterocycles. The fraction of sp³-hybridized carbons (Fsp3) is 0.516. The molecule has 0 radical (unpaired) electrons. The van der Waals surface area contributed by atoms with Gasteiger partial charge in [-0.25, -0.2) is 0 Å². The number of aromatic hydroxyl groups is 2. The summed E-state index contributed by atoms with van der Waals surface area (Å²) in [5.41, 5.74) is 4.55. The third-order valence-electron chi connectivity index (χ3n) is 7.20. The molecule has 0 atom stereocenters. The van der Waals surface area contributed by atoms with Gasteiger partial charge in [-0.2, -0.15) is 0 Å². The van der Waals surface area contributed by atoms with Crippen molar-refractivity contribution in [3.05, 3.63) is 48.0 Å². The Hall–Kier alpha value is -2.95. The molecule has 36 heavy (non-hydrogen) atoms. The van der Waals surface area contributed by atoms with Crippen molar-refractivity contribution in [2.45, 2.75) is 91.0 Å². The molecule has 3 aromatic rings. The highest BCUT2D eigenvalue weighted by atomic mass is 16.3. The van der Waals surface area contributed by atoms with Gasteiger partial charge in [-0.3, -0.25) is 4.79 Å². The second-order valence-electron chi connectivity index (χ2n) is 10.1. The molecule has 0 aliphatic heterocycles. The standard InChI is InChI=1S/C31H44N2O3/c1-4-21-32(3)30(36)14-12-10-8-6-5-7-9-11-13-22-33-29-20-19-27(35)23-28(29)24(2)31(33)25-15-17-26(34)18-16-25/h15-20,23,34-35H,4-14,21-22H2,1-3H3. The van der Waals surface area contributed by atoms with Gasteiger partial charge < -0.3 is 19.7 Å². The minimum Gasteiger partial charge on any atom is -0.508 e. The Morgan fingerprint density at radius 2 is 1.42 bits per heavy atom. The molecular formula is C31H44N2O3. The van der Waals surface area contributed by atoms with E-state index in [1.54, 1.807) is 18.2 Å². The van der Waals surface area contributed by atoms with Crippen molar-refractivity contribution in [3.63, 3.8) is 0 Å². The van der Waals surface area contributed by atoms with Crippen molar-refractivity contribution < 1.29 is 15.0 Å². The van der Waals surface area contributed by atoms with Crippen LogP contribution in [0.15, 0.2) is 42.5 Å². The Morgan fingerprint density at radius 1 is 0.833 bits per heavy atom. The molecule has 0 saturated carbocycles. The van der Waals surface area contributed by atoms with Crippen LogP contribution in [-0.4, -0.2) is 39.2 Å². The molecule has 2 aromatic carbocycles. The number of carbonyl (C=O) groups is 1. The van der Waals surface area contributed by atoms with Crippen LogP contribution in [0.2, 0.25) is 0 Å². The van der Waals surface area contributed by atoms with E-state index in [9.17, 15) is 15.0 Å². The van der Waals surface area contributed by atoms with Gasteiger partial charge in [0.25, 0.3) is 0 Å². The van der Waals surface area contributed by atoms with Crippen molar-refractivity contribution in [3.8, 4) is 22.8 Å². The van der Waals surface area contributed by atoms with Crippen LogP contribution in [0.5, 0.6) is 11.5 Å². The molecule has 1 amide bonds. The summed E-state index contributed by atoms with van der Waals surface area (Å²) in [4.78, 5) is 13.8. The highest BCUT2D eigenvalue weighted by molar-refractivity contribution is 5.92. The molecule has 0 saturated heterocycles. The summed E-state index contributed by atoms with van der Waals surface area (Å²) >= 11 is 0. The van der Waals surface area contributed by atoms with Gasteiger partial charge in [0, 0.05) is 37.5 Å². The minimum atomic E-state index is 0.268. The van der Waals surface area contributed by atoms with E-state index in [-0.39, 0.29) is 17.4 Å². The van der Waals surface area contributed by atoms with Crippen LogP contribution in [0.25, 0.3) is 22.2 Å². The van der Waals surface area contributed by atoms with Crippen molar-refractivity contribution in [2.75, 3.05) is 13.6 Å². The summed E-state index contributed by atoms with van der Waals surface area (Å²) < 4.78 is 2.37. The van der Waals surface area contributed by atoms with Gasteiger partial charge in [0.1, 0.15) is 11.5 Å². The van der Waals surface area contributed by atoms with Crippen LogP contribution in [-0.2, 0) is 11.3 Å². The number of aromatic nitrogens is 1. The predicted molar refractivity (Wildman–Crippen MR) is 150 cm³/mol. The Kier molecular flexibility index (Phi) is 10.7. The lowest BCUT2D eigenvalue weighted by Gasteiger charge is -2.15. The summed E-state index contributed by atoms with van der Waals surface area (Å²) in [6.07, 6.45) is 12.5. The predicted octanol–water partition coefficient (Wildman–Crippen LogP) is 7.80. The van der Waals surface area contributed by atoms with Gasteiger partial charge in [0.05, 0.1) is 5.69 Å². The molecule has 1 heterocycles. The highest BCUT2D eigenvalue weighted by Crippen LogP contribution is 2.36. The third kappa shape index (κ3) is 7.52. The third-order valence-corrected chi connectivity index (χ3v) is 7.20. The maximum Gasteiger partial charge on any atom is 0.222 e. The highest BCUT2D eigenvalue weighted by Gasteiger charge is 2.16. The van der Waals surface area contributed by atoms with Crippen LogP contribution in [0.3, 0.4) is 0 Å². The van der Waals surface area contributed by atoms with Gasteiger partial charge in [0.2, 0.25) is 5.91 Å². The fourth-order valence-electron chi connectivity index (χ4n) is 5.17. The average molecular weight is 493 g/mol. The number of rotatable bonds is 15. The molecule has 0 spiro atoms. The molecule has 5 nitrogen and oxygen atoms in total. The number of aryl methyl sites for hydroxylation is 2. The summed E-state index contributed by atoms with van der Waals surface area (Å²) in [6, 6.07) is 13.0. The molecular weight excluding hydrogens is 448 g/mol. The van der Waals surface area contributed by atoms with Gasteiger partial charge >= 0.3 is 0 Å². The Morgan fingerprint density at radius 3 is 2.06 bits per heavy atom. The SMILES string of the molecule is CCCN(C)C(=O)CCCCCCCCCCCn1c(-c2ccc(O)cc2)c(C)c2cc(O)ccc21. The fourth-order valence-corrected chi connectivity index (χ4v) is 5.17. The van der Waals surface area contributed by atoms with Crippen molar-refractivity contribution in [1.29, 1.82) is 0 Å². The number of fused-ring (bicyclic) bond motifs is 1. The summed E-state index contributed by atoms with van der Waals surface area (Å²) in [5, 5.41) is 20.8. The maximum absolute atomic E-state index is 12.0. The zero-order valence-electron chi connectivity index (χ0n) is 22.4. The lowest BCUT2D eigenvalue weighted by atomic mass is 10.1. The first kappa shape index (κ1) is 27.6. The molecule has 2 N–H and O–H groups in total. The second kappa shape index (κ2) is 14.0. The number of amides is 1. The number of hydrogen-bond acceptors (Lipinski definition) is 3. The topological polar surface area (TPSA) is 65.7 Å². The monoisotopic (exact) mass is 492 g/mol. The summed E-state index contributed by atoms with van der Waals surface area (Å²) in [6.45, 7) is 6.01. The number of nitrogens with zero attached hydrogens (tertiary/aromatic N) is 2. The number of benzene rings is 2. The second-order valence-corrected chi connectivity index (χ2v) is 10.1. The number of phenolic OH excluding ortho intramolecular Hbond substituents is 2. The number of carbonyl (C=O) groups excluding carboxylic acids is 1. The molecule has 5 heteroatoms. The zero-order chi connectivity index (χ0) is 25.9. The normalized spacial score (nSPS) is 11.3. The van der Waals surface area contributed by atoms with E-state index in [4.69, 9.17) is 0 Å². The van der Waals surface area contributed by atoms with Gasteiger partial charge in [-0.15, -0.1) is 0 Å². The smallest absolute Gasteiger partial charge is 0.222 e. The first-order valence-corrected chi connectivity index (χ1v) is 13.8. The first-order valence-electron chi connectivity index (χ1n) is 13.8. The summed E-state index contributed by atoms with van der Waals surface area (Å²) in [5.74, 6) is 0.841. The Bertz CT molecular complexity index is 1100. The van der Waals surface area contributed by atoms with Gasteiger partial charge in [-0.05, 0) is 79.8 Å². The van der Waals surface area contributed by atoms with E-state index >= 15 is 0 Å². The largest absolute Gasteiger partial charge is 0.508 e. The van der Waals surface area contributed by atoms with Crippen molar-refractivity contribution in [2.24, 2.45) is 0 Å². The summed E-state index contributed by atoms with van der Waals surface area (Å²) in [7, 11) is 1.91. The minimum absolute atomic E-state index is 0.268. The molecule has 0 bridgehead atoms. The first-order chi connectivity index (χ1) is 17.4. The number of hydrogen-bond donors (Lipinski definition) is 2. The molecule has 0 aliphatic carbocycles. The molecule has 0 unspecified atom stereocenters. The number of unbranched alkanes of at least 4 members (excludes halogenated alkanes) is 8. The van der Waals surface area contributed by atoms with Crippen LogP contribution in [0.1, 0.15) is 83.1 Å². The van der Waals surface area contributed by atoms with Crippen LogP contribution in [0, 0.1) is 6.92 Å². The average Bonchev–Trinajstić information content (AvgIpc) is 3.13. The van der Waals surface area contributed by atoms with E-state index in [1.165, 1.54) is 38.5 Å². The zero-order valence-corrected chi connectivity index (χ0v) is 22.4. The van der Waals surface area contributed by atoms with E-state index in [1.807, 2.05) is 36.2 Å². The molecule has 3 rings (SSSR count). The van der Waals surface area contributed by atoms with E-state index in [0.717, 1.165) is 66.5 Å². The molecule has 196 valence electrons. The van der Waals surface area contributed by atoms with Gasteiger partial charge in [-0.1, -0.05) is 51.9 Å². The maximum atomic E-state index is 12.0. The lowest BCUT2D eigenvalue weighted by Crippen LogP contribution is -2.26. The van der Waals surface area contributed by atoms with E-state index in [2.05, 4.69) is 18.4 Å². The lowest BCUT2D eigenvalue weighted by molar-refractivity contribution is -0.130. The Balaban J connectivity index is 1.42.